The van der Waals surface area contributed by atoms with Crippen molar-refractivity contribution in [1.82, 2.24) is 0 Å². The number of rotatable bonds is 3. The molecule has 2 saturated heterocycles. The molecule has 0 spiro atoms. The summed E-state index contributed by atoms with van der Waals surface area (Å²) < 4.78 is 5.61. The maximum Gasteiger partial charge on any atom is 0.0912 e. The second-order valence-corrected chi connectivity index (χ2v) is 6.97. The lowest BCUT2D eigenvalue weighted by molar-refractivity contribution is 0.115. The molecule has 3 aliphatic rings. The normalized spacial score (nSPS) is 46.2. The van der Waals surface area contributed by atoms with E-state index in [2.05, 4.69) is 11.8 Å². The predicted octanol–water partition coefficient (Wildman–Crippen LogP) is 3.85. The van der Waals surface area contributed by atoms with Gasteiger partial charge in [-0.05, 0) is 38.0 Å². The van der Waals surface area contributed by atoms with Crippen molar-refractivity contribution >= 4 is 11.8 Å². The topological polar surface area (TPSA) is 9.23 Å². The number of hydrogen-bond donors (Lipinski definition) is 0. The summed E-state index contributed by atoms with van der Waals surface area (Å²) in [5.41, 5.74) is 0. The minimum absolute atomic E-state index is 0.838. The zero-order chi connectivity index (χ0) is 11.0. The maximum atomic E-state index is 5.61. The molecule has 3 fully saturated rings. The lowest BCUT2D eigenvalue weighted by Crippen LogP contribution is -2.36. The van der Waals surface area contributed by atoms with Crippen molar-refractivity contribution in [2.75, 3.05) is 6.61 Å². The van der Waals surface area contributed by atoms with E-state index in [-0.39, 0.29) is 0 Å². The van der Waals surface area contributed by atoms with Crippen LogP contribution in [0.25, 0.3) is 0 Å². The smallest absolute Gasteiger partial charge is 0.0912 e. The Kier molecular flexibility index (Phi) is 3.19. The fraction of sp³-hybridized carbons (Fsp3) is 0.857. The van der Waals surface area contributed by atoms with E-state index in [1.54, 1.807) is 0 Å². The summed E-state index contributed by atoms with van der Waals surface area (Å²) in [4.78, 5) is 0. The zero-order valence-electron chi connectivity index (χ0n) is 10.1. The fourth-order valence-electron chi connectivity index (χ4n) is 4.02. The van der Waals surface area contributed by atoms with Crippen LogP contribution >= 0.6 is 11.8 Å². The van der Waals surface area contributed by atoms with Crippen LogP contribution in [0, 0.1) is 17.8 Å². The third-order valence-corrected chi connectivity index (χ3v) is 6.59. The molecule has 1 aliphatic carbocycles. The summed E-state index contributed by atoms with van der Waals surface area (Å²) in [6.45, 7) is 2.98. The standard InChI is InChI=1S/C14H22OS/c1-2-7-15-9-10-8-13-11-5-3-4-6-12(11)14(10)16-13/h2,7,10-14H,3-6,8-9H2,1H3/b7-2+. The third kappa shape index (κ3) is 1.79. The van der Waals surface area contributed by atoms with E-state index in [4.69, 9.17) is 4.74 Å². The van der Waals surface area contributed by atoms with Gasteiger partial charge in [0.2, 0.25) is 0 Å². The van der Waals surface area contributed by atoms with Crippen molar-refractivity contribution in [1.29, 1.82) is 0 Å². The molecule has 5 atom stereocenters. The van der Waals surface area contributed by atoms with Crippen LogP contribution in [0.3, 0.4) is 0 Å². The van der Waals surface area contributed by atoms with Gasteiger partial charge in [-0.25, -0.2) is 0 Å². The minimum atomic E-state index is 0.838. The zero-order valence-corrected chi connectivity index (χ0v) is 10.9. The molecular formula is C14H22OS. The van der Waals surface area contributed by atoms with Crippen LogP contribution in [-0.4, -0.2) is 17.1 Å². The van der Waals surface area contributed by atoms with Gasteiger partial charge in [0.25, 0.3) is 0 Å². The first-order valence-electron chi connectivity index (χ1n) is 6.78. The first-order valence-corrected chi connectivity index (χ1v) is 7.72. The Bertz CT molecular complexity index is 276. The Labute approximate surface area is 103 Å². The van der Waals surface area contributed by atoms with E-state index in [0.29, 0.717) is 0 Å². The van der Waals surface area contributed by atoms with Crippen LogP contribution in [0.15, 0.2) is 12.3 Å². The number of hydrogen-bond acceptors (Lipinski definition) is 2. The molecule has 0 aromatic rings. The van der Waals surface area contributed by atoms with E-state index in [9.17, 15) is 0 Å². The van der Waals surface area contributed by atoms with Gasteiger partial charge in [-0.1, -0.05) is 18.9 Å². The second-order valence-electron chi connectivity index (χ2n) is 5.55. The maximum absolute atomic E-state index is 5.61. The molecule has 0 radical (unpaired) electrons. The van der Waals surface area contributed by atoms with Gasteiger partial charge >= 0.3 is 0 Å². The summed E-state index contributed by atoms with van der Waals surface area (Å²) in [5.74, 6) is 2.95. The molecule has 2 heterocycles. The Hall–Kier alpha value is -0.110. The van der Waals surface area contributed by atoms with Gasteiger partial charge in [-0.2, -0.15) is 11.8 Å². The largest absolute Gasteiger partial charge is 0.501 e. The molecule has 2 bridgehead atoms. The lowest BCUT2D eigenvalue weighted by atomic mass is 9.68. The van der Waals surface area contributed by atoms with Crippen molar-refractivity contribution in [3.8, 4) is 0 Å². The van der Waals surface area contributed by atoms with Gasteiger partial charge in [0.1, 0.15) is 0 Å². The van der Waals surface area contributed by atoms with Crippen molar-refractivity contribution in [2.24, 2.45) is 17.8 Å². The highest BCUT2D eigenvalue weighted by Crippen LogP contribution is 2.59. The van der Waals surface area contributed by atoms with Crippen LogP contribution in [0.5, 0.6) is 0 Å². The summed E-state index contributed by atoms with van der Waals surface area (Å²) >= 11 is 2.30. The van der Waals surface area contributed by atoms with Crippen molar-refractivity contribution < 1.29 is 4.74 Å². The highest BCUT2D eigenvalue weighted by molar-refractivity contribution is 8.01. The van der Waals surface area contributed by atoms with Crippen molar-refractivity contribution in [3.05, 3.63) is 12.3 Å². The molecule has 16 heavy (non-hydrogen) atoms. The van der Waals surface area contributed by atoms with Crippen LogP contribution in [0.4, 0.5) is 0 Å². The molecule has 1 nitrogen and oxygen atoms in total. The Morgan fingerprint density at radius 3 is 2.88 bits per heavy atom. The van der Waals surface area contributed by atoms with Gasteiger partial charge < -0.3 is 4.74 Å². The number of allylic oxidation sites excluding steroid dienone is 1. The van der Waals surface area contributed by atoms with E-state index >= 15 is 0 Å². The van der Waals surface area contributed by atoms with Crippen molar-refractivity contribution in [2.45, 2.75) is 49.5 Å². The van der Waals surface area contributed by atoms with E-state index in [0.717, 1.165) is 34.9 Å². The summed E-state index contributed by atoms with van der Waals surface area (Å²) in [6, 6.07) is 0. The van der Waals surface area contributed by atoms with Gasteiger partial charge in [0.15, 0.2) is 0 Å². The van der Waals surface area contributed by atoms with Gasteiger partial charge in [0, 0.05) is 16.4 Å². The molecule has 2 aliphatic heterocycles. The number of thioether (sulfide) groups is 1. The highest BCUT2D eigenvalue weighted by Gasteiger charge is 2.53. The molecule has 1 saturated carbocycles. The monoisotopic (exact) mass is 238 g/mol. The average molecular weight is 238 g/mol. The molecule has 0 aromatic carbocycles. The van der Waals surface area contributed by atoms with E-state index in [1.165, 1.54) is 32.1 Å². The van der Waals surface area contributed by atoms with E-state index < -0.39 is 0 Å². The van der Waals surface area contributed by atoms with E-state index in [1.807, 2.05) is 19.3 Å². The molecule has 0 N–H and O–H groups in total. The molecular weight excluding hydrogens is 216 g/mol. The molecule has 90 valence electrons. The van der Waals surface area contributed by atoms with Crippen LogP contribution in [0.2, 0.25) is 0 Å². The molecule has 0 amide bonds. The van der Waals surface area contributed by atoms with Crippen LogP contribution < -0.4 is 0 Å². The van der Waals surface area contributed by atoms with Gasteiger partial charge in [0.05, 0.1) is 12.9 Å². The summed E-state index contributed by atoms with van der Waals surface area (Å²) in [6.07, 6.45) is 11.3. The van der Waals surface area contributed by atoms with Crippen LogP contribution in [0.1, 0.15) is 39.0 Å². The Morgan fingerprint density at radius 1 is 1.25 bits per heavy atom. The Balaban J connectivity index is 1.61. The minimum Gasteiger partial charge on any atom is -0.501 e. The SMILES string of the molecule is C/C=C/OCC1CC2SC1C1CCCCC21. The molecule has 0 aromatic heterocycles. The van der Waals surface area contributed by atoms with Gasteiger partial charge in [-0.15, -0.1) is 0 Å². The molecule has 2 heteroatoms. The van der Waals surface area contributed by atoms with Crippen molar-refractivity contribution in [3.63, 3.8) is 0 Å². The first kappa shape index (κ1) is 11.0. The van der Waals surface area contributed by atoms with Crippen LogP contribution in [-0.2, 0) is 4.74 Å². The summed E-state index contributed by atoms with van der Waals surface area (Å²) in [7, 11) is 0. The number of fused-ring (bicyclic) bond motifs is 5. The highest BCUT2D eigenvalue weighted by atomic mass is 32.2. The molecule has 3 rings (SSSR count). The summed E-state index contributed by atoms with van der Waals surface area (Å²) in [5, 5.41) is 1.91. The third-order valence-electron chi connectivity index (χ3n) is 4.65. The molecule has 5 unspecified atom stereocenters. The predicted molar refractivity (Wildman–Crippen MR) is 69.5 cm³/mol. The second kappa shape index (κ2) is 4.64. The average Bonchev–Trinajstić information content (AvgIpc) is 2.88. The number of ether oxygens (including phenoxy) is 1. The quantitative estimate of drug-likeness (QED) is 0.691. The Morgan fingerprint density at radius 2 is 2.06 bits per heavy atom. The first-order chi connectivity index (χ1) is 7.90. The van der Waals surface area contributed by atoms with Gasteiger partial charge in [-0.3, -0.25) is 0 Å². The fourth-order valence-corrected chi connectivity index (χ4v) is 6.28. The lowest BCUT2D eigenvalue weighted by Gasteiger charge is -2.37.